The van der Waals surface area contributed by atoms with Crippen molar-refractivity contribution in [3.05, 3.63) is 58.9 Å². The average molecular weight is 292 g/mol. The third kappa shape index (κ3) is 3.50. The fraction of sp³-hybridized carbons (Fsp3) is 0.250. The Morgan fingerprint density at radius 2 is 1.90 bits per heavy atom. The summed E-state index contributed by atoms with van der Waals surface area (Å²) in [5.41, 5.74) is 1.13. The number of benzene rings is 2. The summed E-state index contributed by atoms with van der Waals surface area (Å²) in [6, 6.07) is 12.3. The van der Waals surface area contributed by atoms with Crippen LogP contribution in [0.5, 0.6) is 11.5 Å². The van der Waals surface area contributed by atoms with E-state index in [1.54, 1.807) is 12.1 Å². The minimum Gasteiger partial charge on any atom is -0.456 e. The van der Waals surface area contributed by atoms with Crippen molar-refractivity contribution in [1.29, 1.82) is 0 Å². The Kier molecular flexibility index (Phi) is 3.90. The van der Waals surface area contributed by atoms with Crippen LogP contribution in [0.25, 0.3) is 0 Å². The Morgan fingerprint density at radius 1 is 1.15 bits per heavy atom. The lowest BCUT2D eigenvalue weighted by Gasteiger charge is -2.09. The molecule has 0 radical (unpaired) electrons. The summed E-state index contributed by atoms with van der Waals surface area (Å²) in [7, 11) is 0. The molecule has 4 heteroatoms. The van der Waals surface area contributed by atoms with Crippen molar-refractivity contribution in [2.75, 3.05) is 0 Å². The van der Waals surface area contributed by atoms with Gasteiger partial charge in [0, 0.05) is 12.6 Å². The van der Waals surface area contributed by atoms with E-state index in [1.807, 2.05) is 18.2 Å². The van der Waals surface area contributed by atoms with Crippen LogP contribution in [0.1, 0.15) is 18.4 Å². The molecule has 0 amide bonds. The molecule has 0 saturated heterocycles. The lowest BCUT2D eigenvalue weighted by Crippen LogP contribution is -2.15. The van der Waals surface area contributed by atoms with E-state index in [9.17, 15) is 4.39 Å². The first-order valence-electron chi connectivity index (χ1n) is 6.66. The molecule has 0 spiro atoms. The second-order valence-corrected chi connectivity index (χ2v) is 5.38. The van der Waals surface area contributed by atoms with Crippen molar-refractivity contribution in [3.8, 4) is 11.5 Å². The fourth-order valence-electron chi connectivity index (χ4n) is 1.92. The number of ether oxygens (including phenoxy) is 1. The second-order valence-electron chi connectivity index (χ2n) is 4.98. The average Bonchev–Trinajstić information content (AvgIpc) is 3.26. The molecular formula is C16H15ClFNO. The minimum absolute atomic E-state index is 0.287. The van der Waals surface area contributed by atoms with Gasteiger partial charge in [-0.1, -0.05) is 17.7 Å². The van der Waals surface area contributed by atoms with Crippen LogP contribution in [0.15, 0.2) is 42.5 Å². The maximum atomic E-state index is 12.8. The number of hydrogen-bond acceptors (Lipinski definition) is 2. The summed E-state index contributed by atoms with van der Waals surface area (Å²) in [6.45, 7) is 0.821. The lowest BCUT2D eigenvalue weighted by atomic mass is 10.2. The van der Waals surface area contributed by atoms with Gasteiger partial charge < -0.3 is 10.1 Å². The number of nitrogens with one attached hydrogen (secondary N) is 1. The van der Waals surface area contributed by atoms with Crippen molar-refractivity contribution in [3.63, 3.8) is 0 Å². The highest BCUT2D eigenvalue weighted by molar-refractivity contribution is 6.32. The van der Waals surface area contributed by atoms with Gasteiger partial charge in [0.15, 0.2) is 0 Å². The van der Waals surface area contributed by atoms with Gasteiger partial charge in [-0.05, 0) is 54.8 Å². The van der Waals surface area contributed by atoms with Gasteiger partial charge in [0.1, 0.15) is 17.3 Å². The van der Waals surface area contributed by atoms with Crippen LogP contribution in [-0.4, -0.2) is 6.04 Å². The fourth-order valence-corrected chi connectivity index (χ4v) is 2.16. The van der Waals surface area contributed by atoms with Crippen molar-refractivity contribution >= 4 is 11.6 Å². The third-order valence-electron chi connectivity index (χ3n) is 3.21. The van der Waals surface area contributed by atoms with Crippen molar-refractivity contribution < 1.29 is 9.13 Å². The monoisotopic (exact) mass is 291 g/mol. The van der Waals surface area contributed by atoms with Gasteiger partial charge >= 0.3 is 0 Å². The molecule has 0 aromatic heterocycles. The summed E-state index contributed by atoms with van der Waals surface area (Å²) < 4.78 is 18.5. The molecule has 0 atom stereocenters. The van der Waals surface area contributed by atoms with E-state index in [2.05, 4.69) is 5.32 Å². The Bertz CT molecular complexity index is 596. The first kappa shape index (κ1) is 13.4. The summed E-state index contributed by atoms with van der Waals surface area (Å²) in [5.74, 6) is 0.857. The number of halogens is 2. The zero-order valence-electron chi connectivity index (χ0n) is 10.9. The molecule has 104 valence electrons. The van der Waals surface area contributed by atoms with Crippen molar-refractivity contribution in [2.24, 2.45) is 0 Å². The predicted molar refractivity (Wildman–Crippen MR) is 77.8 cm³/mol. The molecule has 1 aliphatic rings. The number of rotatable bonds is 5. The zero-order valence-corrected chi connectivity index (χ0v) is 11.7. The summed E-state index contributed by atoms with van der Waals surface area (Å²) in [4.78, 5) is 0. The van der Waals surface area contributed by atoms with Crippen LogP contribution >= 0.6 is 11.6 Å². The Labute approximate surface area is 122 Å². The highest BCUT2D eigenvalue weighted by atomic mass is 35.5. The molecule has 1 aliphatic carbocycles. The van der Waals surface area contributed by atoms with Gasteiger partial charge in [0.05, 0.1) is 5.02 Å². The Hall–Kier alpha value is -1.58. The van der Waals surface area contributed by atoms with Gasteiger partial charge in [-0.25, -0.2) is 4.39 Å². The molecule has 0 unspecified atom stereocenters. The predicted octanol–water partition coefficient (Wildman–Crippen LogP) is 4.52. The maximum absolute atomic E-state index is 12.8. The van der Waals surface area contributed by atoms with Crippen molar-refractivity contribution in [2.45, 2.75) is 25.4 Å². The third-order valence-corrected chi connectivity index (χ3v) is 3.51. The molecule has 0 bridgehead atoms. The first-order chi connectivity index (χ1) is 9.70. The van der Waals surface area contributed by atoms with E-state index < -0.39 is 0 Å². The van der Waals surface area contributed by atoms with E-state index in [1.165, 1.54) is 25.0 Å². The largest absolute Gasteiger partial charge is 0.456 e. The van der Waals surface area contributed by atoms with Crippen LogP contribution in [0.2, 0.25) is 5.02 Å². The van der Waals surface area contributed by atoms with Gasteiger partial charge in [-0.15, -0.1) is 0 Å². The Morgan fingerprint density at radius 3 is 2.55 bits per heavy atom. The SMILES string of the molecule is Fc1ccc(Oc2ccc(CNC3CC3)cc2Cl)cc1. The molecular weight excluding hydrogens is 277 g/mol. The van der Waals surface area contributed by atoms with E-state index >= 15 is 0 Å². The molecule has 3 rings (SSSR count). The van der Waals surface area contributed by atoms with Gasteiger partial charge in [-0.2, -0.15) is 0 Å². The number of hydrogen-bond donors (Lipinski definition) is 1. The van der Waals surface area contributed by atoms with Crippen LogP contribution in [0.4, 0.5) is 4.39 Å². The summed E-state index contributed by atoms with van der Waals surface area (Å²) >= 11 is 6.21. The molecule has 2 aromatic carbocycles. The zero-order chi connectivity index (χ0) is 13.9. The Balaban J connectivity index is 1.68. The minimum atomic E-state index is -0.287. The van der Waals surface area contributed by atoms with Crippen molar-refractivity contribution in [1.82, 2.24) is 5.32 Å². The molecule has 0 aliphatic heterocycles. The molecule has 20 heavy (non-hydrogen) atoms. The van der Waals surface area contributed by atoms with Crippen LogP contribution in [0.3, 0.4) is 0 Å². The van der Waals surface area contributed by atoms with Crippen LogP contribution < -0.4 is 10.1 Å². The van der Waals surface area contributed by atoms with E-state index in [4.69, 9.17) is 16.3 Å². The molecule has 2 nitrogen and oxygen atoms in total. The lowest BCUT2D eigenvalue weighted by molar-refractivity contribution is 0.480. The molecule has 1 fully saturated rings. The molecule has 0 heterocycles. The van der Waals surface area contributed by atoms with Gasteiger partial charge in [-0.3, -0.25) is 0 Å². The highest BCUT2D eigenvalue weighted by Crippen LogP contribution is 2.30. The summed E-state index contributed by atoms with van der Waals surface area (Å²) in [5, 5.41) is 3.99. The smallest absolute Gasteiger partial charge is 0.146 e. The maximum Gasteiger partial charge on any atom is 0.146 e. The van der Waals surface area contributed by atoms with Crippen LogP contribution in [-0.2, 0) is 6.54 Å². The summed E-state index contributed by atoms with van der Waals surface area (Å²) in [6.07, 6.45) is 2.53. The topological polar surface area (TPSA) is 21.3 Å². The first-order valence-corrected chi connectivity index (χ1v) is 7.04. The molecule has 2 aromatic rings. The highest BCUT2D eigenvalue weighted by Gasteiger charge is 2.20. The second kappa shape index (κ2) is 5.81. The van der Waals surface area contributed by atoms with Gasteiger partial charge in [0.2, 0.25) is 0 Å². The van der Waals surface area contributed by atoms with Crippen LogP contribution in [0, 0.1) is 5.82 Å². The molecule has 1 saturated carbocycles. The van der Waals surface area contributed by atoms with Gasteiger partial charge in [0.25, 0.3) is 0 Å². The van der Waals surface area contributed by atoms with E-state index in [0.717, 1.165) is 12.1 Å². The quantitative estimate of drug-likeness (QED) is 0.874. The van der Waals surface area contributed by atoms with E-state index in [0.29, 0.717) is 22.6 Å². The normalized spacial score (nSPS) is 14.3. The standard InChI is InChI=1S/C16H15ClFNO/c17-15-9-11(10-19-13-4-5-13)1-8-16(15)20-14-6-2-12(18)3-7-14/h1-3,6-9,13,19H,4-5,10H2. The molecule has 1 N–H and O–H groups in total. The van der Waals surface area contributed by atoms with E-state index in [-0.39, 0.29) is 5.82 Å².